The van der Waals surface area contributed by atoms with Gasteiger partial charge in [-0.2, -0.15) is 0 Å². The SMILES string of the molecule is CN(C)c1ccc(C(c2ccccc2)c2ccc(N(C)C)cc2S)c(S)c1. The van der Waals surface area contributed by atoms with Crippen LogP contribution in [0.2, 0.25) is 0 Å². The van der Waals surface area contributed by atoms with Gasteiger partial charge in [-0.05, 0) is 41.0 Å². The lowest BCUT2D eigenvalue weighted by Crippen LogP contribution is -2.11. The van der Waals surface area contributed by atoms with E-state index in [1.165, 1.54) is 16.7 Å². The van der Waals surface area contributed by atoms with Crippen LogP contribution in [0.25, 0.3) is 0 Å². The molecule has 3 aromatic rings. The Bertz CT molecular complexity index is 863. The van der Waals surface area contributed by atoms with Gasteiger partial charge >= 0.3 is 0 Å². The highest BCUT2D eigenvalue weighted by molar-refractivity contribution is 7.80. The molecule has 0 amide bonds. The smallest absolute Gasteiger partial charge is 0.0372 e. The Kier molecular flexibility index (Phi) is 6.08. The van der Waals surface area contributed by atoms with Crippen molar-refractivity contribution in [3.8, 4) is 0 Å². The molecular weight excluding hydrogens is 368 g/mol. The van der Waals surface area contributed by atoms with Crippen molar-refractivity contribution in [2.75, 3.05) is 38.0 Å². The molecule has 0 atom stereocenters. The molecule has 3 rings (SSSR count). The van der Waals surface area contributed by atoms with E-state index in [-0.39, 0.29) is 5.92 Å². The van der Waals surface area contributed by atoms with E-state index in [9.17, 15) is 0 Å². The van der Waals surface area contributed by atoms with Crippen molar-refractivity contribution in [3.63, 3.8) is 0 Å². The Morgan fingerprint density at radius 1 is 0.630 bits per heavy atom. The molecule has 0 aliphatic carbocycles. The van der Waals surface area contributed by atoms with E-state index >= 15 is 0 Å². The summed E-state index contributed by atoms with van der Waals surface area (Å²) < 4.78 is 0. The molecule has 4 heteroatoms. The summed E-state index contributed by atoms with van der Waals surface area (Å²) in [6, 6.07) is 23.5. The average Bonchev–Trinajstić information content (AvgIpc) is 2.65. The zero-order valence-electron chi connectivity index (χ0n) is 16.2. The van der Waals surface area contributed by atoms with Crippen molar-refractivity contribution in [3.05, 3.63) is 83.4 Å². The van der Waals surface area contributed by atoms with E-state index in [0.717, 1.165) is 21.2 Å². The van der Waals surface area contributed by atoms with Gasteiger partial charge in [-0.25, -0.2) is 0 Å². The van der Waals surface area contributed by atoms with Crippen molar-refractivity contribution in [1.82, 2.24) is 0 Å². The quantitative estimate of drug-likeness (QED) is 0.431. The van der Waals surface area contributed by atoms with E-state index in [0.29, 0.717) is 0 Å². The number of nitrogens with zero attached hydrogens (tertiary/aromatic N) is 2. The summed E-state index contributed by atoms with van der Waals surface area (Å²) in [4.78, 5) is 6.16. The Balaban J connectivity index is 2.17. The molecule has 0 saturated heterocycles. The molecular formula is C23H26N2S2. The largest absolute Gasteiger partial charge is 0.378 e. The van der Waals surface area contributed by atoms with Crippen LogP contribution in [0.1, 0.15) is 22.6 Å². The van der Waals surface area contributed by atoms with Gasteiger partial charge in [0.25, 0.3) is 0 Å². The molecule has 0 fully saturated rings. The molecule has 0 saturated carbocycles. The maximum absolute atomic E-state index is 4.83. The Morgan fingerprint density at radius 2 is 1.07 bits per heavy atom. The molecule has 3 aromatic carbocycles. The van der Waals surface area contributed by atoms with Crippen LogP contribution in [-0.4, -0.2) is 28.2 Å². The highest BCUT2D eigenvalue weighted by Gasteiger charge is 2.21. The number of anilines is 2. The first-order valence-corrected chi connectivity index (χ1v) is 9.83. The van der Waals surface area contributed by atoms with Crippen LogP contribution in [-0.2, 0) is 0 Å². The van der Waals surface area contributed by atoms with Gasteiger partial charge in [-0.1, -0.05) is 42.5 Å². The fourth-order valence-corrected chi connectivity index (χ4v) is 3.95. The highest BCUT2D eigenvalue weighted by atomic mass is 32.1. The third kappa shape index (κ3) is 4.28. The predicted octanol–water partition coefficient (Wildman–Crippen LogP) is 5.58. The van der Waals surface area contributed by atoms with Gasteiger partial charge in [0.1, 0.15) is 0 Å². The average molecular weight is 395 g/mol. The zero-order chi connectivity index (χ0) is 19.6. The molecule has 27 heavy (non-hydrogen) atoms. The fraction of sp³-hybridized carbons (Fsp3) is 0.217. The van der Waals surface area contributed by atoms with E-state index < -0.39 is 0 Å². The predicted molar refractivity (Wildman–Crippen MR) is 123 cm³/mol. The molecule has 0 aliphatic heterocycles. The molecule has 0 spiro atoms. The van der Waals surface area contributed by atoms with Gasteiger partial charge in [0.05, 0.1) is 0 Å². The number of hydrogen-bond donors (Lipinski definition) is 2. The van der Waals surface area contributed by atoms with Gasteiger partial charge < -0.3 is 9.80 Å². The molecule has 0 bridgehead atoms. The molecule has 2 nitrogen and oxygen atoms in total. The number of hydrogen-bond acceptors (Lipinski definition) is 4. The standard InChI is InChI=1S/C23H26N2S2/c1-24(2)17-10-12-19(21(26)14-17)23(16-8-6-5-7-9-16)20-13-11-18(25(3)4)15-22(20)27/h5-15,23,26-27H,1-4H3. The second kappa shape index (κ2) is 8.32. The summed E-state index contributed by atoms with van der Waals surface area (Å²) in [6.07, 6.45) is 0. The van der Waals surface area contributed by atoms with E-state index in [1.54, 1.807) is 0 Å². The van der Waals surface area contributed by atoms with E-state index in [4.69, 9.17) is 25.3 Å². The van der Waals surface area contributed by atoms with E-state index in [2.05, 4.69) is 70.5 Å². The van der Waals surface area contributed by atoms with Crippen LogP contribution in [0.4, 0.5) is 11.4 Å². The number of rotatable bonds is 5. The summed E-state index contributed by atoms with van der Waals surface area (Å²) in [5.41, 5.74) is 5.89. The lowest BCUT2D eigenvalue weighted by molar-refractivity contribution is 0.916. The van der Waals surface area contributed by atoms with Crippen LogP contribution >= 0.6 is 25.3 Å². The van der Waals surface area contributed by atoms with E-state index in [1.807, 2.05) is 34.3 Å². The highest BCUT2D eigenvalue weighted by Crippen LogP contribution is 2.40. The van der Waals surface area contributed by atoms with Crippen LogP contribution in [0.3, 0.4) is 0 Å². The Labute approximate surface area is 173 Å². The Hall–Kier alpha value is -2.04. The van der Waals surface area contributed by atoms with Crippen LogP contribution in [0.5, 0.6) is 0 Å². The second-order valence-corrected chi connectivity index (χ2v) is 8.08. The summed E-state index contributed by atoms with van der Waals surface area (Å²) in [6.45, 7) is 0. The second-order valence-electron chi connectivity index (χ2n) is 7.12. The molecule has 140 valence electrons. The van der Waals surface area contributed by atoms with Gasteiger partial charge in [0.15, 0.2) is 0 Å². The summed E-state index contributed by atoms with van der Waals surface area (Å²) in [5.74, 6) is 0.0821. The van der Waals surface area contributed by atoms with Crippen LogP contribution < -0.4 is 9.80 Å². The van der Waals surface area contributed by atoms with Crippen molar-refractivity contribution < 1.29 is 0 Å². The van der Waals surface area contributed by atoms with Gasteiger partial charge in [0.2, 0.25) is 0 Å². The molecule has 0 N–H and O–H groups in total. The summed E-state index contributed by atoms with van der Waals surface area (Å²) >= 11 is 9.66. The monoisotopic (exact) mass is 394 g/mol. The zero-order valence-corrected chi connectivity index (χ0v) is 18.0. The maximum Gasteiger partial charge on any atom is 0.0372 e. The molecule has 0 aliphatic rings. The molecule has 0 heterocycles. The molecule has 0 aromatic heterocycles. The minimum absolute atomic E-state index is 0.0821. The van der Waals surface area contributed by atoms with Crippen molar-refractivity contribution in [1.29, 1.82) is 0 Å². The third-order valence-corrected chi connectivity index (χ3v) is 5.59. The first-order chi connectivity index (χ1) is 12.9. The minimum atomic E-state index is 0.0821. The fourth-order valence-electron chi connectivity index (χ4n) is 3.28. The first kappa shape index (κ1) is 19.7. The lowest BCUT2D eigenvalue weighted by Gasteiger charge is -2.24. The van der Waals surface area contributed by atoms with Crippen molar-refractivity contribution in [2.45, 2.75) is 15.7 Å². The summed E-state index contributed by atoms with van der Waals surface area (Å²) in [5, 5.41) is 0. The normalized spacial score (nSPS) is 10.9. The minimum Gasteiger partial charge on any atom is -0.378 e. The summed E-state index contributed by atoms with van der Waals surface area (Å²) in [7, 11) is 8.18. The Morgan fingerprint density at radius 3 is 1.44 bits per heavy atom. The molecule has 0 radical (unpaired) electrons. The van der Waals surface area contributed by atoms with Crippen LogP contribution in [0.15, 0.2) is 76.5 Å². The number of benzene rings is 3. The first-order valence-electron chi connectivity index (χ1n) is 8.94. The van der Waals surface area contributed by atoms with Crippen molar-refractivity contribution >= 4 is 36.6 Å². The van der Waals surface area contributed by atoms with Crippen molar-refractivity contribution in [2.24, 2.45) is 0 Å². The maximum atomic E-state index is 4.83. The van der Waals surface area contributed by atoms with Gasteiger partial charge in [0, 0.05) is 55.3 Å². The van der Waals surface area contributed by atoms with Gasteiger partial charge in [-0.15, -0.1) is 25.3 Å². The molecule has 0 unspecified atom stereocenters. The topological polar surface area (TPSA) is 6.48 Å². The third-order valence-electron chi connectivity index (χ3n) is 4.82. The van der Waals surface area contributed by atoms with Crippen LogP contribution in [0, 0.1) is 0 Å². The lowest BCUT2D eigenvalue weighted by atomic mass is 9.84. The number of thiol groups is 2. The van der Waals surface area contributed by atoms with Gasteiger partial charge in [-0.3, -0.25) is 0 Å².